The second-order valence-corrected chi connectivity index (χ2v) is 8.30. The number of benzene rings is 1. The molecule has 2 aromatic rings. The van der Waals surface area contributed by atoms with Crippen LogP contribution in [0, 0.1) is 12.7 Å². The van der Waals surface area contributed by atoms with E-state index >= 15 is 0 Å². The Morgan fingerprint density at radius 3 is 2.45 bits per heavy atom. The van der Waals surface area contributed by atoms with Gasteiger partial charge in [0.1, 0.15) is 5.82 Å². The van der Waals surface area contributed by atoms with Crippen LogP contribution < -0.4 is 4.90 Å². The Morgan fingerprint density at radius 1 is 1.00 bits per heavy atom. The molecule has 1 saturated heterocycles. The Kier molecular flexibility index (Phi) is 5.90. The minimum atomic E-state index is -0.187. The van der Waals surface area contributed by atoms with E-state index in [4.69, 9.17) is 0 Å². The van der Waals surface area contributed by atoms with E-state index in [1.54, 1.807) is 0 Å². The predicted octanol–water partition coefficient (Wildman–Crippen LogP) is 3.07. The van der Waals surface area contributed by atoms with Gasteiger partial charge in [0.25, 0.3) is 5.91 Å². The van der Waals surface area contributed by atoms with Crippen LogP contribution in [0.5, 0.6) is 0 Å². The number of carbonyl (C=O) groups is 1. The summed E-state index contributed by atoms with van der Waals surface area (Å²) in [4.78, 5) is 19.9. The molecule has 0 saturated carbocycles. The first-order valence-corrected chi connectivity index (χ1v) is 10.7. The number of nitrogens with zero attached hydrogens (tertiary/aromatic N) is 4. The number of hydrogen-bond donors (Lipinski definition) is 0. The second-order valence-electron chi connectivity index (χ2n) is 8.30. The van der Waals surface area contributed by atoms with Crippen molar-refractivity contribution in [3.8, 4) is 0 Å². The Hall–Kier alpha value is -2.34. The van der Waals surface area contributed by atoms with E-state index in [0.29, 0.717) is 0 Å². The van der Waals surface area contributed by atoms with Crippen molar-refractivity contribution >= 4 is 11.6 Å². The number of piperazine rings is 1. The average Bonchev–Trinajstić information content (AvgIpc) is 2.89. The summed E-state index contributed by atoms with van der Waals surface area (Å²) >= 11 is 0. The molecule has 6 heteroatoms. The highest BCUT2D eigenvalue weighted by Gasteiger charge is 2.26. The van der Waals surface area contributed by atoms with Gasteiger partial charge < -0.3 is 14.4 Å². The molecule has 2 aliphatic heterocycles. The molecule has 0 N–H and O–H groups in total. The third-order valence-corrected chi connectivity index (χ3v) is 6.31. The maximum absolute atomic E-state index is 13.1. The fourth-order valence-corrected chi connectivity index (χ4v) is 4.71. The number of anilines is 1. The summed E-state index contributed by atoms with van der Waals surface area (Å²) in [5.41, 5.74) is 4.30. The molecule has 3 heterocycles. The van der Waals surface area contributed by atoms with Crippen molar-refractivity contribution in [3.05, 3.63) is 53.1 Å². The molecule has 2 aliphatic rings. The Balaban J connectivity index is 1.26. The van der Waals surface area contributed by atoms with Gasteiger partial charge in [-0.1, -0.05) is 0 Å². The minimum Gasteiger partial charge on any atom is -0.369 e. The lowest BCUT2D eigenvalue weighted by molar-refractivity contribution is 0.0752. The van der Waals surface area contributed by atoms with Crippen LogP contribution in [-0.4, -0.2) is 66.1 Å². The molecule has 0 spiro atoms. The summed E-state index contributed by atoms with van der Waals surface area (Å²) < 4.78 is 15.2. The van der Waals surface area contributed by atoms with Crippen LogP contribution in [0.15, 0.2) is 30.5 Å². The van der Waals surface area contributed by atoms with Crippen LogP contribution in [0.2, 0.25) is 0 Å². The number of amides is 1. The van der Waals surface area contributed by atoms with Crippen LogP contribution in [0.25, 0.3) is 0 Å². The lowest BCUT2D eigenvalue weighted by Gasteiger charge is -2.36. The lowest BCUT2D eigenvalue weighted by Crippen LogP contribution is -2.47. The zero-order chi connectivity index (χ0) is 20.4. The zero-order valence-electron chi connectivity index (χ0n) is 17.5. The van der Waals surface area contributed by atoms with Gasteiger partial charge in [0.2, 0.25) is 0 Å². The Labute approximate surface area is 172 Å². The summed E-state index contributed by atoms with van der Waals surface area (Å²) in [7, 11) is 2.04. The van der Waals surface area contributed by atoms with Gasteiger partial charge in [0.05, 0.1) is 5.56 Å². The number of hydrogen-bond acceptors (Lipinski definition) is 3. The molecule has 5 nitrogen and oxygen atoms in total. The molecule has 0 radical (unpaired) electrons. The lowest BCUT2D eigenvalue weighted by atomic mass is 10.1. The van der Waals surface area contributed by atoms with Gasteiger partial charge >= 0.3 is 0 Å². The second kappa shape index (κ2) is 8.57. The summed E-state index contributed by atoms with van der Waals surface area (Å²) in [6.07, 6.45) is 5.09. The van der Waals surface area contributed by atoms with E-state index in [1.807, 2.05) is 31.0 Å². The van der Waals surface area contributed by atoms with E-state index < -0.39 is 0 Å². The highest BCUT2D eigenvalue weighted by Crippen LogP contribution is 2.23. The zero-order valence-corrected chi connectivity index (χ0v) is 17.5. The summed E-state index contributed by atoms with van der Waals surface area (Å²) in [5.74, 6) is 0.0185. The molecule has 1 aromatic heterocycles. The normalized spacial score (nSPS) is 18.1. The van der Waals surface area contributed by atoms with Gasteiger partial charge in [-0.15, -0.1) is 0 Å². The van der Waals surface area contributed by atoms with E-state index in [1.165, 1.54) is 17.8 Å². The average molecular weight is 399 g/mol. The summed E-state index contributed by atoms with van der Waals surface area (Å²) in [6, 6.07) is 6.77. The van der Waals surface area contributed by atoms with Crippen molar-refractivity contribution in [3.63, 3.8) is 0 Å². The number of rotatable bonds is 5. The predicted molar refractivity (Wildman–Crippen MR) is 114 cm³/mol. The first-order chi connectivity index (χ1) is 14.0. The maximum atomic E-state index is 13.1. The molecule has 1 fully saturated rings. The van der Waals surface area contributed by atoms with Crippen molar-refractivity contribution in [2.75, 3.05) is 50.7 Å². The molecule has 0 bridgehead atoms. The minimum absolute atomic E-state index is 0.187. The highest BCUT2D eigenvalue weighted by atomic mass is 19.1. The van der Waals surface area contributed by atoms with Gasteiger partial charge in [0.15, 0.2) is 0 Å². The Morgan fingerprint density at radius 2 is 1.72 bits per heavy atom. The fraction of sp³-hybridized carbons (Fsp3) is 0.522. The topological polar surface area (TPSA) is 31.7 Å². The van der Waals surface area contributed by atoms with E-state index in [2.05, 4.69) is 20.6 Å². The number of carbonyl (C=O) groups excluding carboxylic acids is 1. The molecule has 1 amide bonds. The van der Waals surface area contributed by atoms with Gasteiger partial charge in [-0.25, -0.2) is 4.39 Å². The monoisotopic (exact) mass is 398 g/mol. The molecule has 29 heavy (non-hydrogen) atoms. The number of aromatic nitrogens is 1. The largest absolute Gasteiger partial charge is 0.369 e. The maximum Gasteiger partial charge on any atom is 0.255 e. The smallest absolute Gasteiger partial charge is 0.255 e. The van der Waals surface area contributed by atoms with Crippen molar-refractivity contribution < 1.29 is 9.18 Å². The number of halogens is 1. The standard InChI is InChI=1S/C23H31FN4O/c1-18-17-25(2)21-5-3-11-28(23(29)22(18)21)12-4-10-26-13-15-27(16-14-26)20-8-6-19(24)7-9-20/h6-9,17H,3-5,10-16H2,1-2H3. The van der Waals surface area contributed by atoms with Crippen molar-refractivity contribution in [1.82, 2.24) is 14.4 Å². The Bertz CT molecular complexity index is 853. The van der Waals surface area contributed by atoms with Crippen molar-refractivity contribution in [1.29, 1.82) is 0 Å². The molecule has 1 aromatic carbocycles. The van der Waals surface area contributed by atoms with Crippen LogP contribution in [0.1, 0.15) is 34.5 Å². The molecule has 156 valence electrons. The van der Waals surface area contributed by atoms with E-state index in [-0.39, 0.29) is 11.7 Å². The molecular weight excluding hydrogens is 367 g/mol. The first-order valence-electron chi connectivity index (χ1n) is 10.7. The van der Waals surface area contributed by atoms with Crippen LogP contribution in [0.4, 0.5) is 10.1 Å². The molecule has 0 aliphatic carbocycles. The fourth-order valence-electron chi connectivity index (χ4n) is 4.71. The third kappa shape index (κ3) is 4.32. The highest BCUT2D eigenvalue weighted by molar-refractivity contribution is 5.97. The van der Waals surface area contributed by atoms with Gasteiger partial charge in [-0.3, -0.25) is 9.69 Å². The number of fused-ring (bicyclic) bond motifs is 1. The van der Waals surface area contributed by atoms with E-state index in [0.717, 1.165) is 81.9 Å². The molecular formula is C23H31FN4O. The van der Waals surface area contributed by atoms with Gasteiger partial charge in [-0.2, -0.15) is 0 Å². The summed E-state index contributed by atoms with van der Waals surface area (Å²) in [6.45, 7) is 8.67. The first kappa shape index (κ1) is 20.0. The third-order valence-electron chi connectivity index (χ3n) is 6.31. The molecule has 4 rings (SSSR count). The quantitative estimate of drug-likeness (QED) is 0.776. The summed E-state index contributed by atoms with van der Waals surface area (Å²) in [5, 5.41) is 0. The molecule has 0 unspecified atom stereocenters. The van der Waals surface area contributed by atoms with Crippen LogP contribution in [-0.2, 0) is 13.5 Å². The van der Waals surface area contributed by atoms with Crippen molar-refractivity contribution in [2.45, 2.75) is 26.2 Å². The van der Waals surface area contributed by atoms with Crippen molar-refractivity contribution in [2.24, 2.45) is 7.05 Å². The van der Waals surface area contributed by atoms with E-state index in [9.17, 15) is 9.18 Å². The van der Waals surface area contributed by atoms with Crippen LogP contribution in [0.3, 0.4) is 0 Å². The van der Waals surface area contributed by atoms with Gasteiger partial charge in [-0.05, 0) is 62.6 Å². The van der Waals surface area contributed by atoms with Crippen LogP contribution >= 0.6 is 0 Å². The van der Waals surface area contributed by atoms with Gasteiger partial charge in [0, 0.05) is 63.9 Å². The molecule has 0 atom stereocenters. The SMILES string of the molecule is Cc1cn(C)c2c1C(=O)N(CCCN1CCN(c3ccc(F)cc3)CC1)CCC2. The number of aryl methyl sites for hydroxylation is 2.